The van der Waals surface area contributed by atoms with Crippen molar-refractivity contribution in [3.05, 3.63) is 58.3 Å². The molecule has 0 saturated heterocycles. The summed E-state index contributed by atoms with van der Waals surface area (Å²) in [4.78, 5) is 26.3. The highest BCUT2D eigenvalue weighted by Gasteiger charge is 2.08. The predicted octanol–water partition coefficient (Wildman–Crippen LogP) is 2.72. The number of amides is 1. The molecule has 1 amide bonds. The summed E-state index contributed by atoms with van der Waals surface area (Å²) in [5, 5.41) is 11.5. The minimum absolute atomic E-state index is 0.105. The van der Waals surface area contributed by atoms with Crippen molar-refractivity contribution in [3.63, 3.8) is 0 Å². The molecule has 0 aliphatic rings. The Hall–Kier alpha value is -2.21. The van der Waals surface area contributed by atoms with Gasteiger partial charge in [-0.1, -0.05) is 28.1 Å². The van der Waals surface area contributed by atoms with Crippen LogP contribution in [0.5, 0.6) is 0 Å². The second kappa shape index (κ2) is 6.29. The lowest BCUT2D eigenvalue weighted by atomic mass is 10.1. The number of rotatable bonds is 4. The molecule has 2 rings (SSSR count). The van der Waals surface area contributed by atoms with E-state index in [1.165, 1.54) is 12.3 Å². The van der Waals surface area contributed by atoms with Crippen LogP contribution in [0.4, 0.5) is 5.69 Å². The van der Waals surface area contributed by atoms with Gasteiger partial charge in [-0.05, 0) is 29.8 Å². The Kier molecular flexibility index (Phi) is 4.47. The molecule has 0 spiro atoms. The number of carboxylic acid groups (broad SMARTS) is 1. The number of benzene rings is 1. The van der Waals surface area contributed by atoms with Gasteiger partial charge < -0.3 is 10.4 Å². The number of carbonyl (C=O) groups is 2. The minimum Gasteiger partial charge on any atom is -0.477 e. The van der Waals surface area contributed by atoms with Gasteiger partial charge in [-0.3, -0.25) is 4.79 Å². The van der Waals surface area contributed by atoms with Gasteiger partial charge in [0.2, 0.25) is 5.91 Å². The van der Waals surface area contributed by atoms with E-state index in [0.717, 1.165) is 10.0 Å². The third-order valence-corrected chi connectivity index (χ3v) is 3.07. The van der Waals surface area contributed by atoms with Gasteiger partial charge in [0, 0.05) is 16.4 Å². The molecule has 1 aromatic carbocycles. The second-order valence-corrected chi connectivity index (χ2v) is 5.00. The molecule has 2 aromatic rings. The molecule has 0 unspecified atom stereocenters. The fourth-order valence-corrected chi connectivity index (χ4v) is 1.88. The zero-order valence-electron chi connectivity index (χ0n) is 10.3. The third kappa shape index (κ3) is 3.89. The van der Waals surface area contributed by atoms with E-state index in [0.29, 0.717) is 5.69 Å². The summed E-state index contributed by atoms with van der Waals surface area (Å²) < 4.78 is 0.946. The van der Waals surface area contributed by atoms with E-state index in [2.05, 4.69) is 26.2 Å². The van der Waals surface area contributed by atoms with Crippen molar-refractivity contribution in [3.8, 4) is 0 Å². The van der Waals surface area contributed by atoms with Crippen molar-refractivity contribution in [1.82, 2.24) is 4.98 Å². The van der Waals surface area contributed by atoms with Gasteiger partial charge in [-0.2, -0.15) is 0 Å². The molecule has 2 N–H and O–H groups in total. The van der Waals surface area contributed by atoms with Crippen molar-refractivity contribution in [1.29, 1.82) is 0 Å². The van der Waals surface area contributed by atoms with Crippen LogP contribution in [0, 0.1) is 0 Å². The van der Waals surface area contributed by atoms with Crippen molar-refractivity contribution >= 4 is 33.5 Å². The molecular weight excluding hydrogens is 324 g/mol. The molecule has 0 aliphatic carbocycles. The number of nitrogens with one attached hydrogen (secondary N) is 1. The summed E-state index contributed by atoms with van der Waals surface area (Å²) in [5.74, 6) is -1.34. The van der Waals surface area contributed by atoms with E-state index in [9.17, 15) is 9.59 Å². The number of carboxylic acids is 1. The zero-order valence-corrected chi connectivity index (χ0v) is 11.9. The summed E-state index contributed by atoms with van der Waals surface area (Å²) in [7, 11) is 0. The van der Waals surface area contributed by atoms with Gasteiger partial charge in [0.1, 0.15) is 5.69 Å². The molecule has 1 aromatic heterocycles. The van der Waals surface area contributed by atoms with Crippen LogP contribution in [0.2, 0.25) is 0 Å². The van der Waals surface area contributed by atoms with Crippen LogP contribution in [-0.4, -0.2) is 22.0 Å². The zero-order chi connectivity index (χ0) is 14.5. The van der Waals surface area contributed by atoms with Crippen molar-refractivity contribution < 1.29 is 14.7 Å². The quantitative estimate of drug-likeness (QED) is 0.900. The fraction of sp³-hybridized carbons (Fsp3) is 0.0714. The molecule has 20 heavy (non-hydrogen) atoms. The van der Waals surface area contributed by atoms with Gasteiger partial charge in [-0.15, -0.1) is 0 Å². The molecule has 0 radical (unpaired) electrons. The van der Waals surface area contributed by atoms with E-state index < -0.39 is 5.97 Å². The van der Waals surface area contributed by atoms with Crippen LogP contribution >= 0.6 is 15.9 Å². The van der Waals surface area contributed by atoms with Crippen molar-refractivity contribution in [2.45, 2.75) is 6.42 Å². The highest BCUT2D eigenvalue weighted by molar-refractivity contribution is 9.10. The fourth-order valence-electron chi connectivity index (χ4n) is 1.62. The Labute approximate surface area is 123 Å². The van der Waals surface area contributed by atoms with E-state index in [1.807, 2.05) is 24.3 Å². The first-order valence-electron chi connectivity index (χ1n) is 5.78. The molecule has 6 heteroatoms. The summed E-state index contributed by atoms with van der Waals surface area (Å²) in [6.45, 7) is 0. The van der Waals surface area contributed by atoms with Crippen LogP contribution in [0.25, 0.3) is 0 Å². The average Bonchev–Trinajstić information content (AvgIpc) is 2.41. The number of anilines is 1. The Morgan fingerprint density at radius 3 is 2.55 bits per heavy atom. The number of nitrogens with zero attached hydrogens (tertiary/aromatic N) is 1. The highest BCUT2D eigenvalue weighted by Crippen LogP contribution is 2.12. The van der Waals surface area contributed by atoms with Crippen molar-refractivity contribution in [2.24, 2.45) is 0 Å². The lowest BCUT2D eigenvalue weighted by Crippen LogP contribution is -2.15. The first-order valence-corrected chi connectivity index (χ1v) is 6.57. The molecule has 0 fully saturated rings. The van der Waals surface area contributed by atoms with Gasteiger partial charge in [0.15, 0.2) is 0 Å². The Bertz CT molecular complexity index is 641. The minimum atomic E-state index is -1.13. The number of halogens is 1. The molecule has 0 bridgehead atoms. The van der Waals surface area contributed by atoms with Gasteiger partial charge in [0.25, 0.3) is 0 Å². The number of pyridine rings is 1. The first kappa shape index (κ1) is 14.2. The van der Waals surface area contributed by atoms with Crippen LogP contribution in [-0.2, 0) is 11.2 Å². The highest BCUT2D eigenvalue weighted by atomic mass is 79.9. The van der Waals surface area contributed by atoms with E-state index >= 15 is 0 Å². The molecule has 0 saturated carbocycles. The summed E-state index contributed by atoms with van der Waals surface area (Å²) in [6.07, 6.45) is 1.57. The normalized spacial score (nSPS) is 10.1. The standard InChI is InChI=1S/C14H11BrN2O3/c15-10-3-1-9(2-4-10)7-13(18)17-11-5-6-16-12(8-11)14(19)20/h1-6,8H,7H2,(H,19,20)(H,16,17,18). The lowest BCUT2D eigenvalue weighted by Gasteiger charge is -2.06. The van der Waals surface area contributed by atoms with E-state index in [4.69, 9.17) is 5.11 Å². The largest absolute Gasteiger partial charge is 0.477 e. The number of hydrogen-bond donors (Lipinski definition) is 2. The monoisotopic (exact) mass is 334 g/mol. The smallest absolute Gasteiger partial charge is 0.354 e. The topological polar surface area (TPSA) is 79.3 Å². The number of carbonyl (C=O) groups excluding carboxylic acids is 1. The molecule has 1 heterocycles. The molecule has 5 nitrogen and oxygen atoms in total. The second-order valence-electron chi connectivity index (χ2n) is 4.09. The molecular formula is C14H11BrN2O3. The van der Waals surface area contributed by atoms with Crippen molar-refractivity contribution in [2.75, 3.05) is 5.32 Å². The summed E-state index contributed by atoms with van der Waals surface area (Å²) >= 11 is 3.32. The maximum Gasteiger partial charge on any atom is 0.354 e. The Morgan fingerprint density at radius 1 is 1.20 bits per heavy atom. The molecule has 0 aliphatic heterocycles. The van der Waals surface area contributed by atoms with Crippen LogP contribution < -0.4 is 5.32 Å². The molecule has 102 valence electrons. The van der Waals surface area contributed by atoms with Crippen LogP contribution in [0.3, 0.4) is 0 Å². The Balaban J connectivity index is 2.02. The number of hydrogen-bond acceptors (Lipinski definition) is 3. The maximum atomic E-state index is 11.9. The Morgan fingerprint density at radius 2 is 1.90 bits per heavy atom. The molecule has 0 atom stereocenters. The summed E-state index contributed by atoms with van der Waals surface area (Å²) in [5.41, 5.74) is 1.18. The van der Waals surface area contributed by atoms with Crippen LogP contribution in [0.15, 0.2) is 47.1 Å². The number of aromatic carboxylic acids is 1. The SMILES string of the molecule is O=C(Cc1ccc(Br)cc1)Nc1ccnc(C(=O)O)c1. The van der Waals surface area contributed by atoms with Gasteiger partial charge >= 0.3 is 5.97 Å². The van der Waals surface area contributed by atoms with Gasteiger partial charge in [-0.25, -0.2) is 9.78 Å². The lowest BCUT2D eigenvalue weighted by molar-refractivity contribution is -0.115. The third-order valence-electron chi connectivity index (χ3n) is 2.54. The predicted molar refractivity (Wildman–Crippen MR) is 77.7 cm³/mol. The number of aromatic nitrogens is 1. The maximum absolute atomic E-state index is 11.9. The van der Waals surface area contributed by atoms with E-state index in [1.54, 1.807) is 6.07 Å². The van der Waals surface area contributed by atoms with E-state index in [-0.39, 0.29) is 18.0 Å². The van der Waals surface area contributed by atoms with Crippen LogP contribution in [0.1, 0.15) is 16.1 Å². The first-order chi connectivity index (χ1) is 9.54. The average molecular weight is 335 g/mol. The summed E-state index contributed by atoms with van der Waals surface area (Å²) in [6, 6.07) is 10.3. The van der Waals surface area contributed by atoms with Gasteiger partial charge in [0.05, 0.1) is 6.42 Å².